The summed E-state index contributed by atoms with van der Waals surface area (Å²) < 4.78 is 21.6. The number of rotatable bonds is 8. The number of methoxy groups -OCH3 is 1. The van der Waals surface area contributed by atoms with Gasteiger partial charge in [-0.3, -0.25) is 19.3 Å². The summed E-state index contributed by atoms with van der Waals surface area (Å²) in [5, 5.41) is -0.496. The van der Waals surface area contributed by atoms with Crippen molar-refractivity contribution in [1.29, 1.82) is 0 Å². The Balaban J connectivity index is 1.73. The van der Waals surface area contributed by atoms with Crippen LogP contribution in [0.4, 0.5) is 4.79 Å². The average Bonchev–Trinajstić information content (AvgIpc) is 3.06. The highest BCUT2D eigenvalue weighted by Gasteiger charge is 2.37. The average molecular weight is 590 g/mol. The lowest BCUT2D eigenvalue weighted by Crippen LogP contribution is -2.46. The number of halogens is 1. The maximum Gasteiger partial charge on any atom is 0.344 e. The van der Waals surface area contributed by atoms with Gasteiger partial charge in [0.2, 0.25) is 5.91 Å². The Labute approximate surface area is 208 Å². The molecule has 0 bridgehead atoms. The molecule has 2 aliphatic rings. The van der Waals surface area contributed by atoms with E-state index in [1.807, 2.05) is 22.6 Å². The van der Waals surface area contributed by atoms with Crippen molar-refractivity contribution in [2.45, 2.75) is 6.92 Å². The van der Waals surface area contributed by atoms with E-state index < -0.39 is 17.1 Å². The topological polar surface area (TPSA) is 112 Å². The van der Waals surface area contributed by atoms with Crippen LogP contribution in [0.5, 0.6) is 11.5 Å². The molecule has 0 radical (unpaired) electrons. The van der Waals surface area contributed by atoms with Crippen molar-refractivity contribution in [1.82, 2.24) is 9.80 Å². The smallest absolute Gasteiger partial charge is 0.344 e. The number of carbonyl (C=O) groups is 4. The van der Waals surface area contributed by atoms with Gasteiger partial charge < -0.3 is 23.8 Å². The number of thioether (sulfide) groups is 1. The van der Waals surface area contributed by atoms with Gasteiger partial charge in [-0.05, 0) is 65.0 Å². The van der Waals surface area contributed by atoms with Crippen molar-refractivity contribution in [2.75, 3.05) is 53.2 Å². The van der Waals surface area contributed by atoms with Gasteiger partial charge >= 0.3 is 5.97 Å². The first kappa shape index (κ1) is 25.3. The normalized spacial score (nSPS) is 17.5. The maximum atomic E-state index is 12.8. The van der Waals surface area contributed by atoms with E-state index in [-0.39, 0.29) is 30.6 Å². The van der Waals surface area contributed by atoms with E-state index in [1.54, 1.807) is 30.0 Å². The third kappa shape index (κ3) is 6.38. The lowest BCUT2D eigenvalue weighted by Gasteiger charge is -2.28. The zero-order chi connectivity index (χ0) is 24.0. The van der Waals surface area contributed by atoms with Crippen LogP contribution in [0.1, 0.15) is 12.5 Å². The fourth-order valence-corrected chi connectivity index (χ4v) is 4.75. The number of nitrogens with zero attached hydrogens (tertiary/aromatic N) is 2. The SMILES string of the molecule is CCOC(=O)COc1c(I)cc(/C=C2\SC(=O)N(CC(=O)N3CCOCC3)C2=O)cc1OC. The second-order valence-corrected chi connectivity index (χ2v) is 9.04. The molecule has 1 aromatic rings. The molecule has 2 saturated heterocycles. The van der Waals surface area contributed by atoms with Crippen molar-refractivity contribution in [2.24, 2.45) is 0 Å². The van der Waals surface area contributed by atoms with E-state index in [0.29, 0.717) is 46.9 Å². The molecule has 0 unspecified atom stereocenters. The van der Waals surface area contributed by atoms with Crippen molar-refractivity contribution in [3.05, 3.63) is 26.2 Å². The van der Waals surface area contributed by atoms with Crippen LogP contribution in [-0.4, -0.2) is 86.0 Å². The van der Waals surface area contributed by atoms with Gasteiger partial charge in [0.25, 0.3) is 11.1 Å². The molecule has 0 aromatic heterocycles. The Morgan fingerprint density at radius 1 is 1.24 bits per heavy atom. The Morgan fingerprint density at radius 3 is 2.64 bits per heavy atom. The van der Waals surface area contributed by atoms with Crippen molar-refractivity contribution in [3.8, 4) is 11.5 Å². The molecule has 12 heteroatoms. The molecule has 2 aliphatic heterocycles. The maximum absolute atomic E-state index is 12.8. The molecule has 2 fully saturated rings. The summed E-state index contributed by atoms with van der Waals surface area (Å²) in [7, 11) is 1.46. The van der Waals surface area contributed by atoms with Crippen LogP contribution in [0.15, 0.2) is 17.0 Å². The van der Waals surface area contributed by atoms with E-state index in [1.165, 1.54) is 7.11 Å². The summed E-state index contributed by atoms with van der Waals surface area (Å²) in [6.45, 7) is 3.14. The fourth-order valence-electron chi connectivity index (χ4n) is 3.13. The summed E-state index contributed by atoms with van der Waals surface area (Å²) in [5.41, 5.74) is 0.602. The molecule has 0 saturated carbocycles. The van der Waals surface area contributed by atoms with E-state index in [2.05, 4.69) is 0 Å². The molecule has 0 atom stereocenters. The molecule has 0 aliphatic carbocycles. The summed E-state index contributed by atoms with van der Waals surface area (Å²) in [4.78, 5) is 52.0. The second-order valence-electron chi connectivity index (χ2n) is 6.89. The molecule has 10 nitrogen and oxygen atoms in total. The second kappa shape index (κ2) is 11.7. The molecule has 1 aromatic carbocycles. The van der Waals surface area contributed by atoms with E-state index in [0.717, 1.165) is 16.7 Å². The van der Waals surface area contributed by atoms with Crippen LogP contribution in [-0.2, 0) is 23.9 Å². The fraction of sp³-hybridized carbons (Fsp3) is 0.429. The quantitative estimate of drug-likeness (QED) is 0.256. The predicted octanol–water partition coefficient (Wildman–Crippen LogP) is 2.14. The molecule has 178 valence electrons. The van der Waals surface area contributed by atoms with Crippen LogP contribution >= 0.6 is 34.4 Å². The Morgan fingerprint density at radius 2 is 1.97 bits per heavy atom. The molecule has 0 N–H and O–H groups in total. The summed E-state index contributed by atoms with van der Waals surface area (Å²) in [5.74, 6) is -0.587. The van der Waals surface area contributed by atoms with E-state index in [4.69, 9.17) is 18.9 Å². The molecule has 0 spiro atoms. The monoisotopic (exact) mass is 590 g/mol. The minimum atomic E-state index is -0.525. The van der Waals surface area contributed by atoms with Crippen LogP contribution < -0.4 is 9.47 Å². The number of hydrogen-bond acceptors (Lipinski definition) is 9. The number of ether oxygens (including phenoxy) is 4. The lowest BCUT2D eigenvalue weighted by atomic mass is 10.2. The number of morpholine rings is 1. The highest BCUT2D eigenvalue weighted by Crippen LogP contribution is 2.37. The highest BCUT2D eigenvalue weighted by molar-refractivity contribution is 14.1. The number of amides is 3. The molecule has 3 amide bonds. The number of imide groups is 1. The van der Waals surface area contributed by atoms with Gasteiger partial charge in [0.15, 0.2) is 18.1 Å². The van der Waals surface area contributed by atoms with Gasteiger partial charge in [0.05, 0.1) is 35.4 Å². The van der Waals surface area contributed by atoms with Crippen molar-refractivity contribution < 1.29 is 38.1 Å². The van der Waals surface area contributed by atoms with Crippen molar-refractivity contribution >= 4 is 63.5 Å². The third-order valence-electron chi connectivity index (χ3n) is 4.72. The largest absolute Gasteiger partial charge is 0.493 e. The zero-order valence-corrected chi connectivity index (χ0v) is 21.1. The summed E-state index contributed by atoms with van der Waals surface area (Å²) in [6.07, 6.45) is 1.56. The third-order valence-corrected chi connectivity index (χ3v) is 6.43. The van der Waals surface area contributed by atoms with Crippen LogP contribution in [0, 0.1) is 3.57 Å². The van der Waals surface area contributed by atoms with Gasteiger partial charge in [-0.25, -0.2) is 4.79 Å². The molecule has 2 heterocycles. The number of carbonyl (C=O) groups excluding carboxylic acids is 4. The Bertz CT molecular complexity index is 977. The van der Waals surface area contributed by atoms with Crippen LogP contribution in [0.2, 0.25) is 0 Å². The molecule has 33 heavy (non-hydrogen) atoms. The van der Waals surface area contributed by atoms with Crippen molar-refractivity contribution in [3.63, 3.8) is 0 Å². The first-order chi connectivity index (χ1) is 15.8. The van der Waals surface area contributed by atoms with E-state index >= 15 is 0 Å². The summed E-state index contributed by atoms with van der Waals surface area (Å²) >= 11 is 2.80. The first-order valence-corrected chi connectivity index (χ1v) is 12.0. The number of hydrogen-bond donors (Lipinski definition) is 0. The molecular weight excluding hydrogens is 567 g/mol. The van der Waals surface area contributed by atoms with Gasteiger partial charge in [0, 0.05) is 13.1 Å². The van der Waals surface area contributed by atoms with Gasteiger partial charge in [0.1, 0.15) is 6.54 Å². The summed E-state index contributed by atoms with van der Waals surface area (Å²) in [6, 6.07) is 3.37. The minimum Gasteiger partial charge on any atom is -0.493 e. The van der Waals surface area contributed by atoms with Gasteiger partial charge in [-0.15, -0.1) is 0 Å². The van der Waals surface area contributed by atoms with Gasteiger partial charge in [-0.1, -0.05) is 0 Å². The Hall–Kier alpha value is -2.32. The Kier molecular flexibility index (Phi) is 8.97. The standard InChI is InChI=1S/C21H23IN2O8S/c1-3-31-18(26)12-32-19-14(22)8-13(9-15(19)29-2)10-16-20(27)24(21(28)33-16)11-17(25)23-4-6-30-7-5-23/h8-10H,3-7,11-12H2,1-2H3/b16-10-. The van der Waals surface area contributed by atoms with Crippen LogP contribution in [0.25, 0.3) is 6.08 Å². The molecular formula is C21H23IN2O8S. The van der Waals surface area contributed by atoms with E-state index in [9.17, 15) is 19.2 Å². The first-order valence-electron chi connectivity index (χ1n) is 10.1. The molecule has 3 rings (SSSR count). The van der Waals surface area contributed by atoms with Gasteiger partial charge in [-0.2, -0.15) is 0 Å². The number of esters is 1. The number of benzene rings is 1. The van der Waals surface area contributed by atoms with Crippen LogP contribution in [0.3, 0.4) is 0 Å². The predicted molar refractivity (Wildman–Crippen MR) is 128 cm³/mol. The highest BCUT2D eigenvalue weighted by atomic mass is 127. The lowest BCUT2D eigenvalue weighted by molar-refractivity contribution is -0.145. The minimum absolute atomic E-state index is 0.202. The zero-order valence-electron chi connectivity index (χ0n) is 18.1.